The topological polar surface area (TPSA) is 89.8 Å². The molecule has 1 saturated heterocycles. The molecule has 0 spiro atoms. The molecule has 0 saturated carbocycles. The number of aromatic amines is 2. The van der Waals surface area contributed by atoms with Gasteiger partial charge >= 0.3 is 0 Å². The summed E-state index contributed by atoms with van der Waals surface area (Å²) in [6, 6.07) is 17.2. The van der Waals surface area contributed by atoms with Gasteiger partial charge in [-0.25, -0.2) is 0 Å². The van der Waals surface area contributed by atoms with E-state index in [1.54, 1.807) is 0 Å². The van der Waals surface area contributed by atoms with Gasteiger partial charge in [0.2, 0.25) is 0 Å². The van der Waals surface area contributed by atoms with Gasteiger partial charge in [0, 0.05) is 34.6 Å². The van der Waals surface area contributed by atoms with Crippen LogP contribution in [0.4, 0.5) is 0 Å². The van der Waals surface area contributed by atoms with Crippen LogP contribution in [0.1, 0.15) is 16.8 Å². The maximum absolute atomic E-state index is 12.5. The Balaban J connectivity index is 1.51. The standard InChI is InChI=1S/C22H20N4O2/c27-21(24-16-7-8-23-12-16)14-5-6-19-15(9-14)11-20(25-19)17-10-13-3-1-2-4-18(13)26-22(17)28/h1-6,9-11,16,23,25H,7-8,12H2,(H,24,27)(H,26,28)/t16-/m0/s1. The molecule has 28 heavy (non-hydrogen) atoms. The van der Waals surface area contributed by atoms with Crippen LogP contribution >= 0.6 is 0 Å². The first kappa shape index (κ1) is 16.8. The molecule has 4 aromatic rings. The second kappa shape index (κ2) is 6.65. The van der Waals surface area contributed by atoms with Gasteiger partial charge in [-0.05, 0) is 54.8 Å². The molecule has 2 aromatic heterocycles. The molecule has 1 aliphatic heterocycles. The first-order valence-corrected chi connectivity index (χ1v) is 9.44. The minimum atomic E-state index is -0.142. The van der Waals surface area contributed by atoms with Crippen molar-refractivity contribution >= 4 is 27.7 Å². The van der Waals surface area contributed by atoms with Gasteiger partial charge in [-0.3, -0.25) is 9.59 Å². The Morgan fingerprint density at radius 1 is 0.964 bits per heavy atom. The van der Waals surface area contributed by atoms with Crippen molar-refractivity contribution in [3.05, 3.63) is 70.5 Å². The summed E-state index contributed by atoms with van der Waals surface area (Å²) in [5, 5.41) is 8.18. The number of aromatic nitrogens is 2. The van der Waals surface area contributed by atoms with E-state index in [-0.39, 0.29) is 17.5 Å². The summed E-state index contributed by atoms with van der Waals surface area (Å²) in [5.74, 6) is -0.0677. The Labute approximate surface area is 161 Å². The average Bonchev–Trinajstić information content (AvgIpc) is 3.36. The molecule has 1 aliphatic rings. The quantitative estimate of drug-likeness (QED) is 0.446. The summed E-state index contributed by atoms with van der Waals surface area (Å²) < 4.78 is 0. The Morgan fingerprint density at radius 3 is 2.68 bits per heavy atom. The molecule has 0 radical (unpaired) electrons. The minimum Gasteiger partial charge on any atom is -0.354 e. The van der Waals surface area contributed by atoms with E-state index >= 15 is 0 Å². The van der Waals surface area contributed by atoms with Crippen molar-refractivity contribution in [2.45, 2.75) is 12.5 Å². The van der Waals surface area contributed by atoms with Gasteiger partial charge in [0.05, 0.1) is 11.3 Å². The van der Waals surface area contributed by atoms with Crippen molar-refractivity contribution in [2.24, 2.45) is 0 Å². The molecular weight excluding hydrogens is 352 g/mol. The Hall–Kier alpha value is -3.38. The summed E-state index contributed by atoms with van der Waals surface area (Å²) in [5.41, 5.74) is 3.50. The van der Waals surface area contributed by atoms with Gasteiger partial charge in [0.25, 0.3) is 11.5 Å². The summed E-state index contributed by atoms with van der Waals surface area (Å²) >= 11 is 0. The molecule has 3 heterocycles. The number of hydrogen-bond acceptors (Lipinski definition) is 3. The third kappa shape index (κ3) is 2.97. The lowest BCUT2D eigenvalue weighted by molar-refractivity contribution is 0.0940. The Bertz CT molecular complexity index is 1250. The number of H-pyrrole nitrogens is 2. The van der Waals surface area contributed by atoms with Gasteiger partial charge in [-0.15, -0.1) is 0 Å². The fraction of sp³-hybridized carbons (Fsp3) is 0.182. The van der Waals surface area contributed by atoms with E-state index in [1.807, 2.05) is 54.6 Å². The van der Waals surface area contributed by atoms with E-state index < -0.39 is 0 Å². The predicted octanol–water partition coefficient (Wildman–Crippen LogP) is 2.77. The lowest BCUT2D eigenvalue weighted by Gasteiger charge is -2.11. The number of para-hydroxylation sites is 1. The smallest absolute Gasteiger partial charge is 0.257 e. The van der Waals surface area contributed by atoms with Gasteiger partial charge in [0.15, 0.2) is 0 Å². The summed E-state index contributed by atoms with van der Waals surface area (Å²) in [6.45, 7) is 1.75. The van der Waals surface area contributed by atoms with Gasteiger partial charge < -0.3 is 20.6 Å². The van der Waals surface area contributed by atoms with Crippen molar-refractivity contribution in [1.82, 2.24) is 20.6 Å². The lowest BCUT2D eigenvalue weighted by atomic mass is 10.1. The molecule has 2 aromatic carbocycles. The van der Waals surface area contributed by atoms with Crippen molar-refractivity contribution in [2.75, 3.05) is 13.1 Å². The zero-order chi connectivity index (χ0) is 19.1. The van der Waals surface area contributed by atoms with Gasteiger partial charge in [0.1, 0.15) is 0 Å². The molecule has 0 unspecified atom stereocenters. The first-order valence-electron chi connectivity index (χ1n) is 9.44. The average molecular weight is 372 g/mol. The van der Waals surface area contributed by atoms with Crippen LogP contribution < -0.4 is 16.2 Å². The SMILES string of the molecule is O=C(N[C@H]1CCNC1)c1ccc2[nH]c(-c3cc4ccccc4[nH]c3=O)cc2c1. The van der Waals surface area contributed by atoms with Gasteiger partial charge in [-0.2, -0.15) is 0 Å². The molecular formula is C22H20N4O2. The maximum Gasteiger partial charge on any atom is 0.257 e. The van der Waals surface area contributed by atoms with E-state index in [9.17, 15) is 9.59 Å². The van der Waals surface area contributed by atoms with E-state index in [0.29, 0.717) is 11.1 Å². The fourth-order valence-corrected chi connectivity index (χ4v) is 3.81. The highest BCUT2D eigenvalue weighted by Crippen LogP contribution is 2.25. The molecule has 4 N–H and O–H groups in total. The summed E-state index contributed by atoms with van der Waals surface area (Å²) in [4.78, 5) is 31.3. The number of pyridine rings is 1. The van der Waals surface area contributed by atoms with Crippen LogP contribution in [-0.2, 0) is 0 Å². The fourth-order valence-electron chi connectivity index (χ4n) is 3.81. The van der Waals surface area contributed by atoms with E-state index in [0.717, 1.165) is 47.0 Å². The number of nitrogens with one attached hydrogen (secondary N) is 4. The number of fused-ring (bicyclic) bond motifs is 2. The molecule has 1 amide bonds. The molecule has 0 bridgehead atoms. The molecule has 0 aliphatic carbocycles. The number of rotatable bonds is 3. The molecule has 1 fully saturated rings. The molecule has 5 rings (SSSR count). The largest absolute Gasteiger partial charge is 0.354 e. The van der Waals surface area contributed by atoms with Crippen molar-refractivity contribution in [1.29, 1.82) is 0 Å². The number of carbonyl (C=O) groups is 1. The van der Waals surface area contributed by atoms with E-state index in [1.165, 1.54) is 0 Å². The third-order valence-electron chi connectivity index (χ3n) is 5.32. The lowest BCUT2D eigenvalue weighted by Crippen LogP contribution is -2.36. The van der Waals surface area contributed by atoms with Crippen LogP contribution in [0.2, 0.25) is 0 Å². The van der Waals surface area contributed by atoms with Crippen molar-refractivity contribution in [3.63, 3.8) is 0 Å². The number of hydrogen-bond donors (Lipinski definition) is 4. The van der Waals surface area contributed by atoms with Crippen LogP contribution in [0, 0.1) is 0 Å². The number of amides is 1. The van der Waals surface area contributed by atoms with E-state index in [2.05, 4.69) is 20.6 Å². The highest BCUT2D eigenvalue weighted by atomic mass is 16.1. The molecule has 6 nitrogen and oxygen atoms in total. The highest BCUT2D eigenvalue weighted by Gasteiger charge is 2.18. The Morgan fingerprint density at radius 2 is 1.82 bits per heavy atom. The number of carbonyl (C=O) groups excluding carboxylic acids is 1. The number of benzene rings is 2. The molecule has 6 heteroatoms. The third-order valence-corrected chi connectivity index (χ3v) is 5.32. The summed E-state index contributed by atoms with van der Waals surface area (Å²) in [7, 11) is 0. The minimum absolute atomic E-state index is 0.0677. The van der Waals surface area contributed by atoms with Crippen LogP contribution in [0.5, 0.6) is 0 Å². The van der Waals surface area contributed by atoms with Crippen LogP contribution in [0.25, 0.3) is 33.1 Å². The van der Waals surface area contributed by atoms with Crippen molar-refractivity contribution < 1.29 is 4.79 Å². The first-order chi connectivity index (χ1) is 13.7. The van der Waals surface area contributed by atoms with Crippen LogP contribution in [0.15, 0.2) is 59.4 Å². The second-order valence-corrected chi connectivity index (χ2v) is 7.25. The maximum atomic E-state index is 12.5. The zero-order valence-electron chi connectivity index (χ0n) is 15.2. The predicted molar refractivity (Wildman–Crippen MR) is 111 cm³/mol. The van der Waals surface area contributed by atoms with Gasteiger partial charge in [-0.1, -0.05) is 18.2 Å². The molecule has 1 atom stereocenters. The zero-order valence-corrected chi connectivity index (χ0v) is 15.2. The van der Waals surface area contributed by atoms with Crippen molar-refractivity contribution in [3.8, 4) is 11.3 Å². The van der Waals surface area contributed by atoms with E-state index in [4.69, 9.17) is 0 Å². The normalized spacial score (nSPS) is 16.6. The Kier molecular flexibility index (Phi) is 3.98. The van der Waals surface area contributed by atoms with Crippen LogP contribution in [0.3, 0.4) is 0 Å². The van der Waals surface area contributed by atoms with Crippen LogP contribution in [-0.4, -0.2) is 35.0 Å². The highest BCUT2D eigenvalue weighted by molar-refractivity contribution is 5.99. The summed E-state index contributed by atoms with van der Waals surface area (Å²) in [6.07, 6.45) is 0.951. The monoisotopic (exact) mass is 372 g/mol. The second-order valence-electron chi connectivity index (χ2n) is 7.25. The molecule has 140 valence electrons.